The van der Waals surface area contributed by atoms with Crippen LogP contribution in [0.3, 0.4) is 0 Å². The number of aliphatic hydroxyl groups excluding tert-OH is 1. The van der Waals surface area contributed by atoms with E-state index >= 15 is 0 Å². The van der Waals surface area contributed by atoms with Gasteiger partial charge in [-0.15, -0.1) is 0 Å². The number of nitrogens with zero attached hydrogens (tertiary/aromatic N) is 1. The number of aliphatic hydroxyl groups is 1. The smallest absolute Gasteiger partial charge is 0.394 e. The highest BCUT2D eigenvalue weighted by molar-refractivity contribution is 7.14. The molecule has 2 rings (SSSR count). The third-order valence-electron chi connectivity index (χ3n) is 2.67. The van der Waals surface area contributed by atoms with E-state index in [2.05, 4.69) is 0 Å². The Hall–Kier alpha value is -1.34. The molecule has 0 amide bonds. The Morgan fingerprint density at radius 2 is 2.11 bits per heavy atom. The molecule has 1 N–H and O–H groups in total. The molecule has 0 radical (unpaired) electrons. The summed E-state index contributed by atoms with van der Waals surface area (Å²) in [5.41, 5.74) is 0.0299. The molecule has 0 fully saturated rings. The van der Waals surface area contributed by atoms with Crippen molar-refractivity contribution in [3.8, 4) is 0 Å². The van der Waals surface area contributed by atoms with Crippen molar-refractivity contribution in [3.05, 3.63) is 34.1 Å². The second-order valence-electron chi connectivity index (χ2n) is 3.91. The Morgan fingerprint density at radius 3 is 2.61 bits per heavy atom. The van der Waals surface area contributed by atoms with Crippen molar-refractivity contribution in [2.45, 2.75) is 19.1 Å². The predicted molar refractivity (Wildman–Crippen MR) is 63.0 cm³/mol. The predicted octanol–water partition coefficient (Wildman–Crippen LogP) is 2.47. The topological polar surface area (TPSA) is 42.2 Å². The van der Waals surface area contributed by atoms with Gasteiger partial charge in [-0.3, -0.25) is 4.79 Å². The summed E-state index contributed by atoms with van der Waals surface area (Å²) in [6, 6.07) is 2.66. The lowest BCUT2D eigenvalue weighted by Gasteiger charge is -2.17. The standard InChI is InChI=1S/C11H10F3NO2S/c1-6-3-2-4-7-9(6)18-15(10(7)17)8(5-16)11(12,13)14/h2-4,8,16H,5H2,1H3. The monoisotopic (exact) mass is 277 g/mol. The van der Waals surface area contributed by atoms with Gasteiger partial charge in [0.05, 0.1) is 16.7 Å². The van der Waals surface area contributed by atoms with Crippen LogP contribution in [0.25, 0.3) is 10.1 Å². The molecule has 1 aromatic heterocycles. The summed E-state index contributed by atoms with van der Waals surface area (Å²) >= 11 is 0.734. The molecular weight excluding hydrogens is 267 g/mol. The minimum absolute atomic E-state index is 0.253. The number of hydrogen-bond acceptors (Lipinski definition) is 3. The van der Waals surface area contributed by atoms with Crippen LogP contribution in [-0.2, 0) is 0 Å². The molecule has 0 bridgehead atoms. The van der Waals surface area contributed by atoms with Crippen molar-refractivity contribution in [2.75, 3.05) is 6.61 Å². The quantitative estimate of drug-likeness (QED) is 0.916. The van der Waals surface area contributed by atoms with Crippen molar-refractivity contribution >= 4 is 21.6 Å². The van der Waals surface area contributed by atoms with Crippen LogP contribution in [0.5, 0.6) is 0 Å². The highest BCUT2D eigenvalue weighted by Crippen LogP contribution is 2.32. The molecule has 0 aliphatic rings. The molecule has 0 saturated heterocycles. The summed E-state index contributed by atoms with van der Waals surface area (Å²) in [5, 5.41) is 9.11. The van der Waals surface area contributed by atoms with E-state index in [1.54, 1.807) is 19.1 Å². The van der Waals surface area contributed by atoms with Gasteiger partial charge in [0.15, 0.2) is 6.04 Å². The van der Waals surface area contributed by atoms with Crippen molar-refractivity contribution in [2.24, 2.45) is 0 Å². The Balaban J connectivity index is 2.69. The van der Waals surface area contributed by atoms with Gasteiger partial charge < -0.3 is 5.11 Å². The van der Waals surface area contributed by atoms with E-state index in [0.29, 0.717) is 8.66 Å². The van der Waals surface area contributed by atoms with Crippen LogP contribution in [0.2, 0.25) is 0 Å². The summed E-state index contributed by atoms with van der Waals surface area (Å²) in [5.74, 6) is 0. The molecule has 18 heavy (non-hydrogen) atoms. The van der Waals surface area contributed by atoms with E-state index in [0.717, 1.165) is 17.1 Å². The van der Waals surface area contributed by atoms with Gasteiger partial charge in [0.25, 0.3) is 5.56 Å². The third-order valence-corrected chi connectivity index (χ3v) is 4.01. The second-order valence-corrected chi connectivity index (χ2v) is 4.90. The third kappa shape index (κ3) is 2.04. The van der Waals surface area contributed by atoms with Crippen LogP contribution in [0.1, 0.15) is 11.6 Å². The van der Waals surface area contributed by atoms with E-state index in [4.69, 9.17) is 5.11 Å². The van der Waals surface area contributed by atoms with E-state index < -0.39 is 24.4 Å². The molecule has 0 aliphatic carbocycles. The highest BCUT2D eigenvalue weighted by atomic mass is 32.1. The molecular formula is C11H10F3NO2S. The highest BCUT2D eigenvalue weighted by Gasteiger charge is 2.42. The van der Waals surface area contributed by atoms with Gasteiger partial charge >= 0.3 is 6.18 Å². The maximum atomic E-state index is 12.7. The summed E-state index contributed by atoms with van der Waals surface area (Å²) in [4.78, 5) is 11.9. The number of aromatic nitrogens is 1. The van der Waals surface area contributed by atoms with E-state index in [1.165, 1.54) is 6.07 Å². The first-order valence-corrected chi connectivity index (χ1v) is 5.92. The van der Waals surface area contributed by atoms with Crippen LogP contribution in [-0.4, -0.2) is 21.8 Å². The van der Waals surface area contributed by atoms with Crippen LogP contribution >= 0.6 is 11.5 Å². The van der Waals surface area contributed by atoms with Gasteiger partial charge in [0.2, 0.25) is 0 Å². The Kier molecular flexibility index (Phi) is 3.20. The maximum Gasteiger partial charge on any atom is 0.412 e. The Labute approximate surface area is 104 Å². The number of benzene rings is 1. The average Bonchev–Trinajstić information content (AvgIpc) is 2.58. The first-order valence-electron chi connectivity index (χ1n) is 5.15. The van der Waals surface area contributed by atoms with Crippen LogP contribution in [0.15, 0.2) is 23.0 Å². The lowest BCUT2D eigenvalue weighted by Crippen LogP contribution is -2.33. The molecule has 0 saturated carbocycles. The zero-order valence-electron chi connectivity index (χ0n) is 9.36. The minimum atomic E-state index is -4.65. The molecule has 0 aliphatic heterocycles. The van der Waals surface area contributed by atoms with Crippen LogP contribution < -0.4 is 5.56 Å². The van der Waals surface area contributed by atoms with Gasteiger partial charge in [-0.1, -0.05) is 23.7 Å². The fraction of sp³-hybridized carbons (Fsp3) is 0.364. The molecule has 3 nitrogen and oxygen atoms in total. The van der Waals surface area contributed by atoms with Crippen molar-refractivity contribution in [1.29, 1.82) is 0 Å². The molecule has 1 heterocycles. The first-order chi connectivity index (χ1) is 8.36. The molecule has 1 atom stereocenters. The molecule has 98 valence electrons. The van der Waals surface area contributed by atoms with Crippen molar-refractivity contribution < 1.29 is 18.3 Å². The number of alkyl halides is 3. The zero-order valence-corrected chi connectivity index (χ0v) is 10.2. The summed E-state index contributed by atoms with van der Waals surface area (Å²) in [6.07, 6.45) is -4.65. The SMILES string of the molecule is Cc1cccc2c(=O)n(C(CO)C(F)(F)F)sc12. The number of hydrogen-bond donors (Lipinski definition) is 1. The lowest BCUT2D eigenvalue weighted by molar-refractivity contribution is -0.174. The second kappa shape index (κ2) is 4.40. The Morgan fingerprint density at radius 1 is 1.44 bits per heavy atom. The number of rotatable bonds is 2. The number of fused-ring (bicyclic) bond motifs is 1. The maximum absolute atomic E-state index is 12.7. The zero-order chi connectivity index (χ0) is 13.5. The average molecular weight is 277 g/mol. The van der Waals surface area contributed by atoms with E-state index in [-0.39, 0.29) is 5.39 Å². The molecule has 2 aromatic rings. The summed E-state index contributed by atoms with van der Waals surface area (Å²) in [6.45, 7) is 0.583. The molecule has 0 spiro atoms. The van der Waals surface area contributed by atoms with E-state index in [9.17, 15) is 18.0 Å². The molecule has 1 aromatic carbocycles. The molecule has 1 unspecified atom stereocenters. The fourth-order valence-corrected chi connectivity index (χ4v) is 2.87. The summed E-state index contributed by atoms with van der Waals surface area (Å²) in [7, 11) is 0. The van der Waals surface area contributed by atoms with Gasteiger partial charge in [0.1, 0.15) is 0 Å². The number of halogens is 3. The molecule has 7 heteroatoms. The Bertz CT molecular complexity index is 629. The van der Waals surface area contributed by atoms with Gasteiger partial charge in [0, 0.05) is 0 Å². The van der Waals surface area contributed by atoms with Gasteiger partial charge in [-0.2, -0.15) is 13.2 Å². The first kappa shape index (κ1) is 13.1. The van der Waals surface area contributed by atoms with E-state index in [1.807, 2.05) is 0 Å². The van der Waals surface area contributed by atoms with Crippen LogP contribution in [0, 0.1) is 6.92 Å². The van der Waals surface area contributed by atoms with Crippen molar-refractivity contribution in [1.82, 2.24) is 3.96 Å². The lowest BCUT2D eigenvalue weighted by atomic mass is 10.2. The van der Waals surface area contributed by atoms with Gasteiger partial charge in [-0.05, 0) is 18.6 Å². The minimum Gasteiger partial charge on any atom is -0.394 e. The van der Waals surface area contributed by atoms with Crippen LogP contribution in [0.4, 0.5) is 13.2 Å². The number of aryl methyl sites for hydroxylation is 1. The normalized spacial score (nSPS) is 14.1. The fourth-order valence-electron chi connectivity index (χ4n) is 1.72. The largest absolute Gasteiger partial charge is 0.412 e. The van der Waals surface area contributed by atoms with Gasteiger partial charge in [-0.25, -0.2) is 3.96 Å². The summed E-state index contributed by atoms with van der Waals surface area (Å²) < 4.78 is 39.2. The van der Waals surface area contributed by atoms with Crippen molar-refractivity contribution in [3.63, 3.8) is 0 Å².